The molecule has 0 spiro atoms. The van der Waals surface area contributed by atoms with Crippen LogP contribution in [0.5, 0.6) is 5.75 Å². The topological polar surface area (TPSA) is 83.1 Å². The second kappa shape index (κ2) is 6.47. The normalized spacial score (nSPS) is 17.5. The first-order valence-electron chi connectivity index (χ1n) is 8.32. The zero-order valence-electron chi connectivity index (χ0n) is 14.6. The van der Waals surface area contributed by atoms with E-state index in [2.05, 4.69) is 4.99 Å². The van der Waals surface area contributed by atoms with Gasteiger partial charge in [0.05, 0.1) is 24.1 Å². The number of carbonyl (C=O) groups is 1. The van der Waals surface area contributed by atoms with E-state index < -0.39 is 5.91 Å². The van der Waals surface area contributed by atoms with Crippen LogP contribution in [0.15, 0.2) is 58.0 Å². The Hall–Kier alpha value is -3.17. The van der Waals surface area contributed by atoms with Crippen molar-refractivity contribution in [2.75, 3.05) is 7.11 Å². The molecule has 0 bridgehead atoms. The number of thioether (sulfide) groups is 1. The summed E-state index contributed by atoms with van der Waals surface area (Å²) in [5, 5.41) is 12.7. The van der Waals surface area contributed by atoms with Gasteiger partial charge in [0.2, 0.25) is 0 Å². The lowest BCUT2D eigenvalue weighted by molar-refractivity contribution is -0.114. The van der Waals surface area contributed by atoms with E-state index in [1.54, 1.807) is 24.3 Å². The average Bonchev–Trinajstić information content (AvgIpc) is 3.42. The summed E-state index contributed by atoms with van der Waals surface area (Å²) in [5.41, 5.74) is 2.62. The van der Waals surface area contributed by atoms with Gasteiger partial charge in [0.25, 0.3) is 5.91 Å². The maximum absolute atomic E-state index is 12.6. The van der Waals surface area contributed by atoms with Crippen LogP contribution >= 0.6 is 23.1 Å². The van der Waals surface area contributed by atoms with Gasteiger partial charge in [-0.3, -0.25) is 19.5 Å². The summed E-state index contributed by atoms with van der Waals surface area (Å²) in [7, 11) is 1.62. The Morgan fingerprint density at radius 3 is 2.86 bits per heavy atom. The third-order valence-corrected chi connectivity index (χ3v) is 5.97. The molecule has 0 saturated heterocycles. The number of hydrogen-bond acceptors (Lipinski definition) is 6. The van der Waals surface area contributed by atoms with Crippen molar-refractivity contribution in [3.63, 3.8) is 0 Å². The first-order valence-corrected chi connectivity index (χ1v) is 10.1. The molecule has 0 unspecified atom stereocenters. The van der Waals surface area contributed by atoms with Crippen LogP contribution in [0.2, 0.25) is 0 Å². The average molecular weight is 407 g/mol. The van der Waals surface area contributed by atoms with Crippen LogP contribution in [0.1, 0.15) is 5.69 Å². The van der Waals surface area contributed by atoms with Gasteiger partial charge in [-0.25, -0.2) is 4.98 Å². The number of nitrogens with one attached hydrogen (secondary N) is 1. The van der Waals surface area contributed by atoms with Crippen LogP contribution in [0.3, 0.4) is 0 Å². The minimum Gasteiger partial charge on any atom is -0.497 e. The Balaban J connectivity index is 1.67. The number of fused-ring (bicyclic) bond motifs is 2. The highest BCUT2D eigenvalue weighted by Crippen LogP contribution is 2.32. The SMILES string of the molecule is COc1ccc(-c2nc3sccn3c2/C=C2/C(=N)N3C=CSC3=NC2=O)cc1. The molecule has 1 amide bonds. The summed E-state index contributed by atoms with van der Waals surface area (Å²) in [6, 6.07) is 7.60. The molecule has 138 valence electrons. The number of ether oxygens (including phenoxy) is 1. The lowest BCUT2D eigenvalue weighted by Crippen LogP contribution is -2.35. The molecule has 1 aromatic carbocycles. The summed E-state index contributed by atoms with van der Waals surface area (Å²) < 4.78 is 7.15. The molecule has 28 heavy (non-hydrogen) atoms. The lowest BCUT2D eigenvalue weighted by atomic mass is 10.1. The van der Waals surface area contributed by atoms with Crippen LogP contribution in [0, 0.1) is 5.41 Å². The number of methoxy groups -OCH3 is 1. The maximum atomic E-state index is 12.6. The van der Waals surface area contributed by atoms with Crippen molar-refractivity contribution < 1.29 is 9.53 Å². The molecule has 0 fully saturated rings. The number of amides is 1. The van der Waals surface area contributed by atoms with E-state index in [0.717, 1.165) is 27.7 Å². The molecule has 2 aliphatic heterocycles. The second-order valence-corrected chi connectivity index (χ2v) is 7.75. The molecule has 4 heterocycles. The van der Waals surface area contributed by atoms with Gasteiger partial charge >= 0.3 is 0 Å². The smallest absolute Gasteiger partial charge is 0.283 e. The van der Waals surface area contributed by atoms with Gasteiger partial charge in [-0.2, -0.15) is 4.99 Å². The van der Waals surface area contributed by atoms with Crippen molar-refractivity contribution in [2.24, 2.45) is 4.99 Å². The maximum Gasteiger partial charge on any atom is 0.283 e. The van der Waals surface area contributed by atoms with Crippen molar-refractivity contribution in [3.05, 3.63) is 58.7 Å². The summed E-state index contributed by atoms with van der Waals surface area (Å²) in [5.74, 6) is 0.453. The number of aromatic nitrogens is 2. The van der Waals surface area contributed by atoms with Crippen molar-refractivity contribution in [1.29, 1.82) is 5.41 Å². The Morgan fingerprint density at radius 2 is 2.07 bits per heavy atom. The highest BCUT2D eigenvalue weighted by atomic mass is 32.2. The zero-order chi connectivity index (χ0) is 19.3. The second-order valence-electron chi connectivity index (χ2n) is 6.01. The molecule has 0 saturated carbocycles. The summed E-state index contributed by atoms with van der Waals surface area (Å²) in [4.78, 5) is 23.8. The van der Waals surface area contributed by atoms with E-state index in [-0.39, 0.29) is 11.4 Å². The number of aliphatic imine (C=N–C) groups is 1. The minimum atomic E-state index is -0.418. The number of nitrogens with zero attached hydrogens (tertiary/aromatic N) is 4. The van der Waals surface area contributed by atoms with Gasteiger partial charge in [0.1, 0.15) is 11.6 Å². The van der Waals surface area contributed by atoms with Crippen LogP contribution in [0.4, 0.5) is 0 Å². The molecule has 9 heteroatoms. The van der Waals surface area contributed by atoms with Gasteiger partial charge in [-0.1, -0.05) is 11.8 Å². The van der Waals surface area contributed by atoms with Gasteiger partial charge < -0.3 is 4.74 Å². The third-order valence-electron chi connectivity index (χ3n) is 4.46. The molecule has 0 radical (unpaired) electrons. The highest BCUT2D eigenvalue weighted by molar-refractivity contribution is 8.16. The van der Waals surface area contributed by atoms with Gasteiger partial charge in [-0.05, 0) is 35.7 Å². The van der Waals surface area contributed by atoms with Crippen molar-refractivity contribution in [3.8, 4) is 17.0 Å². The molecule has 0 aliphatic carbocycles. The zero-order valence-corrected chi connectivity index (χ0v) is 16.3. The first kappa shape index (κ1) is 17.0. The van der Waals surface area contributed by atoms with Crippen LogP contribution in [0.25, 0.3) is 22.3 Å². The standard InChI is InChI=1S/C19H13N5O2S2/c1-26-12-4-2-11(3-5-12)15-14(23-6-8-27-18(23)21-15)10-13-16(20)24-7-9-28-19(24)22-17(13)25/h2-10,20H,1H3/b13-10-,20-16?. The number of amidine groups is 2. The van der Waals surface area contributed by atoms with Crippen LogP contribution in [-0.2, 0) is 4.79 Å². The highest BCUT2D eigenvalue weighted by Gasteiger charge is 2.31. The summed E-state index contributed by atoms with van der Waals surface area (Å²) in [6.45, 7) is 0. The fourth-order valence-corrected chi connectivity index (χ4v) is 4.50. The van der Waals surface area contributed by atoms with E-state index in [4.69, 9.17) is 15.1 Å². The largest absolute Gasteiger partial charge is 0.497 e. The number of rotatable bonds is 3. The van der Waals surface area contributed by atoms with Crippen LogP contribution in [-0.4, -0.2) is 38.3 Å². The van der Waals surface area contributed by atoms with E-state index >= 15 is 0 Å². The Kier molecular flexibility index (Phi) is 3.92. The Labute approximate surface area is 168 Å². The van der Waals surface area contributed by atoms with E-state index in [9.17, 15) is 4.79 Å². The minimum absolute atomic E-state index is 0.113. The number of benzene rings is 1. The fraction of sp³-hybridized carbons (Fsp3) is 0.0526. The molecular formula is C19H13N5O2S2. The predicted molar refractivity (Wildman–Crippen MR) is 112 cm³/mol. The van der Waals surface area contributed by atoms with Gasteiger partial charge in [0, 0.05) is 23.3 Å². The summed E-state index contributed by atoms with van der Waals surface area (Å²) >= 11 is 2.84. The molecule has 5 rings (SSSR count). The Bertz CT molecular complexity index is 1220. The van der Waals surface area contributed by atoms with Gasteiger partial charge in [-0.15, -0.1) is 11.3 Å². The monoisotopic (exact) mass is 407 g/mol. The first-order chi connectivity index (χ1) is 13.7. The number of thiazole rings is 1. The quantitative estimate of drug-likeness (QED) is 0.667. The third kappa shape index (κ3) is 2.59. The number of imidazole rings is 1. The number of carbonyl (C=O) groups excluding carboxylic acids is 1. The molecule has 1 N–H and O–H groups in total. The van der Waals surface area contributed by atoms with E-state index in [0.29, 0.717) is 5.17 Å². The molecule has 0 atom stereocenters. The summed E-state index contributed by atoms with van der Waals surface area (Å²) in [6.07, 6.45) is 5.35. The molecule has 2 aromatic heterocycles. The van der Waals surface area contributed by atoms with Crippen molar-refractivity contribution in [2.45, 2.75) is 0 Å². The molecule has 7 nitrogen and oxygen atoms in total. The number of hydrogen-bond donors (Lipinski definition) is 1. The van der Waals surface area contributed by atoms with Crippen molar-refractivity contribution in [1.82, 2.24) is 14.3 Å². The van der Waals surface area contributed by atoms with Crippen molar-refractivity contribution >= 4 is 51.0 Å². The van der Waals surface area contributed by atoms with Crippen LogP contribution < -0.4 is 4.74 Å². The fourth-order valence-electron chi connectivity index (χ4n) is 3.07. The molecule has 3 aromatic rings. The van der Waals surface area contributed by atoms with E-state index in [1.165, 1.54) is 23.1 Å². The van der Waals surface area contributed by atoms with Gasteiger partial charge in [0.15, 0.2) is 10.1 Å². The molecular weight excluding hydrogens is 394 g/mol. The predicted octanol–water partition coefficient (Wildman–Crippen LogP) is 3.85. The van der Waals surface area contributed by atoms with E-state index in [1.807, 2.05) is 45.7 Å². The molecule has 2 aliphatic rings. The lowest BCUT2D eigenvalue weighted by Gasteiger charge is -2.22. The Morgan fingerprint density at radius 1 is 1.25 bits per heavy atom.